The fraction of sp³-hybridized carbons (Fsp3) is 1.00. The summed E-state index contributed by atoms with van der Waals surface area (Å²) in [4.78, 5) is 0. The molecule has 11 heavy (non-hydrogen) atoms. The Kier molecular flexibility index (Phi) is 9.26. The van der Waals surface area contributed by atoms with Crippen LogP contribution >= 0.6 is 22.6 Å². The molecule has 1 atom stereocenters. The average molecular weight is 272 g/mol. The van der Waals surface area contributed by atoms with Crippen molar-refractivity contribution in [1.82, 2.24) is 0 Å². The molecular formula is C8H17IO2. The van der Waals surface area contributed by atoms with Gasteiger partial charge in [0.1, 0.15) is 0 Å². The first-order valence-electron chi connectivity index (χ1n) is 4.14. The van der Waals surface area contributed by atoms with Gasteiger partial charge in [-0.15, -0.1) is 0 Å². The van der Waals surface area contributed by atoms with Crippen molar-refractivity contribution in [3.63, 3.8) is 0 Å². The fourth-order valence-electron chi connectivity index (χ4n) is 0.812. The lowest BCUT2D eigenvalue weighted by Crippen LogP contribution is -2.18. The van der Waals surface area contributed by atoms with Gasteiger partial charge in [0.15, 0.2) is 6.29 Å². The number of halogens is 1. The van der Waals surface area contributed by atoms with E-state index in [1.807, 2.05) is 6.92 Å². The third-order valence-corrected chi connectivity index (χ3v) is 1.70. The van der Waals surface area contributed by atoms with E-state index in [2.05, 4.69) is 29.5 Å². The Labute approximate surface area is 82.8 Å². The number of rotatable bonds is 7. The molecule has 0 heterocycles. The lowest BCUT2D eigenvalue weighted by molar-refractivity contribution is -0.138. The lowest BCUT2D eigenvalue weighted by Gasteiger charge is -2.15. The number of hydrogen-bond acceptors (Lipinski definition) is 2. The molecule has 0 spiro atoms. The molecule has 0 aromatic carbocycles. The summed E-state index contributed by atoms with van der Waals surface area (Å²) in [6, 6.07) is 0. The van der Waals surface area contributed by atoms with E-state index < -0.39 is 0 Å². The van der Waals surface area contributed by atoms with Crippen LogP contribution in [0.15, 0.2) is 0 Å². The molecule has 0 rings (SSSR count). The highest BCUT2D eigenvalue weighted by Gasteiger charge is 2.05. The molecule has 0 aliphatic rings. The minimum atomic E-state index is 0.0276. The van der Waals surface area contributed by atoms with Crippen LogP contribution in [0.25, 0.3) is 0 Å². The van der Waals surface area contributed by atoms with Crippen LogP contribution in [-0.4, -0.2) is 23.9 Å². The third kappa shape index (κ3) is 7.03. The van der Waals surface area contributed by atoms with Crippen molar-refractivity contribution in [3.05, 3.63) is 0 Å². The van der Waals surface area contributed by atoms with Crippen LogP contribution in [0.3, 0.4) is 0 Å². The quantitative estimate of drug-likeness (QED) is 0.403. The summed E-state index contributed by atoms with van der Waals surface area (Å²) >= 11 is 2.30. The zero-order valence-electron chi connectivity index (χ0n) is 7.31. The smallest absolute Gasteiger partial charge is 0.157 e. The maximum atomic E-state index is 5.44. The summed E-state index contributed by atoms with van der Waals surface area (Å²) in [6.07, 6.45) is 2.15. The summed E-state index contributed by atoms with van der Waals surface area (Å²) in [7, 11) is 0. The molecule has 0 fully saturated rings. The summed E-state index contributed by atoms with van der Waals surface area (Å²) in [5.41, 5.74) is 0. The van der Waals surface area contributed by atoms with Gasteiger partial charge in [0.2, 0.25) is 0 Å². The molecule has 0 saturated heterocycles. The molecule has 3 heteroatoms. The number of alkyl halides is 1. The van der Waals surface area contributed by atoms with Gasteiger partial charge in [-0.3, -0.25) is 0 Å². The van der Waals surface area contributed by atoms with E-state index in [1.165, 1.54) is 0 Å². The summed E-state index contributed by atoms with van der Waals surface area (Å²) in [5.74, 6) is 0. The fourth-order valence-corrected chi connectivity index (χ4v) is 1.07. The van der Waals surface area contributed by atoms with E-state index in [1.54, 1.807) is 0 Å². The minimum absolute atomic E-state index is 0.0276. The number of ether oxygens (including phenoxy) is 2. The van der Waals surface area contributed by atoms with Crippen LogP contribution in [-0.2, 0) is 9.47 Å². The first-order chi connectivity index (χ1) is 5.35. The molecule has 0 radical (unpaired) electrons. The second-order valence-electron chi connectivity index (χ2n) is 2.23. The van der Waals surface area contributed by atoms with E-state index in [0.29, 0.717) is 0 Å². The van der Waals surface area contributed by atoms with Crippen LogP contribution < -0.4 is 0 Å². The van der Waals surface area contributed by atoms with Crippen LogP contribution in [0, 0.1) is 0 Å². The summed E-state index contributed by atoms with van der Waals surface area (Å²) in [5, 5.41) is 0. The highest BCUT2D eigenvalue weighted by Crippen LogP contribution is 2.04. The van der Waals surface area contributed by atoms with E-state index in [-0.39, 0.29) is 6.29 Å². The Morgan fingerprint density at radius 2 is 2.00 bits per heavy atom. The van der Waals surface area contributed by atoms with Crippen molar-refractivity contribution in [2.75, 3.05) is 17.6 Å². The zero-order chi connectivity index (χ0) is 8.53. The Balaban J connectivity index is 3.34. The zero-order valence-corrected chi connectivity index (χ0v) is 9.46. The summed E-state index contributed by atoms with van der Waals surface area (Å²) in [6.45, 7) is 5.67. The predicted octanol–water partition coefficient (Wildman–Crippen LogP) is 2.60. The molecule has 0 aliphatic heterocycles. The second-order valence-corrected chi connectivity index (χ2v) is 3.31. The van der Waals surface area contributed by atoms with E-state index in [4.69, 9.17) is 9.47 Å². The Morgan fingerprint density at radius 1 is 1.27 bits per heavy atom. The van der Waals surface area contributed by atoms with Gasteiger partial charge in [-0.1, -0.05) is 35.9 Å². The molecule has 0 bridgehead atoms. The van der Waals surface area contributed by atoms with Gasteiger partial charge in [-0.25, -0.2) is 0 Å². The lowest BCUT2D eigenvalue weighted by atomic mass is 10.3. The van der Waals surface area contributed by atoms with E-state index in [9.17, 15) is 0 Å². The van der Waals surface area contributed by atoms with Crippen molar-refractivity contribution in [1.29, 1.82) is 0 Å². The highest BCUT2D eigenvalue weighted by molar-refractivity contribution is 14.1. The van der Waals surface area contributed by atoms with Gasteiger partial charge < -0.3 is 9.47 Å². The largest absolute Gasteiger partial charge is 0.353 e. The molecule has 68 valence electrons. The van der Waals surface area contributed by atoms with Crippen LogP contribution in [0.5, 0.6) is 0 Å². The maximum Gasteiger partial charge on any atom is 0.157 e. The molecule has 0 N–H and O–H groups in total. The Bertz CT molecular complexity index is 72.5. The van der Waals surface area contributed by atoms with Crippen molar-refractivity contribution in [2.45, 2.75) is 33.0 Å². The first-order valence-corrected chi connectivity index (χ1v) is 5.66. The van der Waals surface area contributed by atoms with Crippen molar-refractivity contribution < 1.29 is 9.47 Å². The molecule has 0 aromatic rings. The van der Waals surface area contributed by atoms with Gasteiger partial charge in [0.25, 0.3) is 0 Å². The maximum absolute atomic E-state index is 5.44. The van der Waals surface area contributed by atoms with Gasteiger partial charge in [-0.05, 0) is 13.3 Å². The molecule has 0 aromatic heterocycles. The molecule has 0 amide bonds. The van der Waals surface area contributed by atoms with Gasteiger partial charge >= 0.3 is 0 Å². The highest BCUT2D eigenvalue weighted by atomic mass is 127. The molecule has 0 aliphatic carbocycles. The standard InChI is InChI=1S/C8H17IO2/c1-3-5-8(10-4-2)11-7-6-9/h8H,3-7H2,1-2H3. The number of hydrogen-bond donors (Lipinski definition) is 0. The van der Waals surface area contributed by atoms with E-state index in [0.717, 1.165) is 30.5 Å². The molecule has 0 saturated carbocycles. The normalized spacial score (nSPS) is 13.4. The average Bonchev–Trinajstić information content (AvgIpc) is 2.01. The molecule has 2 nitrogen and oxygen atoms in total. The first kappa shape index (κ1) is 11.6. The molecular weight excluding hydrogens is 255 g/mol. The Morgan fingerprint density at radius 3 is 2.45 bits per heavy atom. The van der Waals surface area contributed by atoms with Crippen LogP contribution in [0.4, 0.5) is 0 Å². The minimum Gasteiger partial charge on any atom is -0.353 e. The van der Waals surface area contributed by atoms with Gasteiger partial charge in [0, 0.05) is 11.0 Å². The van der Waals surface area contributed by atoms with E-state index >= 15 is 0 Å². The monoisotopic (exact) mass is 272 g/mol. The Hall–Kier alpha value is 0.650. The second kappa shape index (κ2) is 8.74. The van der Waals surface area contributed by atoms with Gasteiger partial charge in [0.05, 0.1) is 6.61 Å². The molecule has 1 unspecified atom stereocenters. The predicted molar refractivity (Wildman–Crippen MR) is 55.2 cm³/mol. The summed E-state index contributed by atoms with van der Waals surface area (Å²) < 4.78 is 11.8. The topological polar surface area (TPSA) is 18.5 Å². The van der Waals surface area contributed by atoms with Crippen molar-refractivity contribution >= 4 is 22.6 Å². The van der Waals surface area contributed by atoms with Crippen molar-refractivity contribution in [2.24, 2.45) is 0 Å². The van der Waals surface area contributed by atoms with Gasteiger partial charge in [-0.2, -0.15) is 0 Å². The van der Waals surface area contributed by atoms with Crippen molar-refractivity contribution in [3.8, 4) is 0 Å². The van der Waals surface area contributed by atoms with Crippen LogP contribution in [0.2, 0.25) is 0 Å². The third-order valence-electron chi connectivity index (χ3n) is 1.26. The van der Waals surface area contributed by atoms with Crippen LogP contribution in [0.1, 0.15) is 26.7 Å². The SMILES string of the molecule is CCCC(OCC)OCCI.